The molecule has 0 amide bonds. The fourth-order valence-electron chi connectivity index (χ4n) is 5.63. The number of anilines is 1. The molecule has 0 aliphatic carbocycles. The zero-order valence-corrected chi connectivity index (χ0v) is 20.6. The first-order chi connectivity index (χ1) is 16.2. The van der Waals surface area contributed by atoms with Crippen molar-refractivity contribution in [2.24, 2.45) is 5.41 Å². The molecular formula is C26H28ClFN6. The van der Waals surface area contributed by atoms with Crippen molar-refractivity contribution < 1.29 is 4.39 Å². The summed E-state index contributed by atoms with van der Waals surface area (Å²) in [6, 6.07) is 7.84. The molecule has 2 N–H and O–H groups in total. The number of benzene rings is 2. The number of rotatable bonds is 4. The summed E-state index contributed by atoms with van der Waals surface area (Å²) in [6.07, 6.45) is 0. The first-order valence-corrected chi connectivity index (χ1v) is 12.1. The highest BCUT2D eigenvalue weighted by molar-refractivity contribution is 6.32. The molecule has 1 spiro atoms. The van der Waals surface area contributed by atoms with Gasteiger partial charge in [-0.3, -0.25) is 5.10 Å². The largest absolute Gasteiger partial charge is 0.341 e. The van der Waals surface area contributed by atoms with E-state index in [0.717, 1.165) is 71.2 Å². The van der Waals surface area contributed by atoms with Gasteiger partial charge in [-0.1, -0.05) is 23.7 Å². The lowest BCUT2D eigenvalue weighted by Crippen LogP contribution is -2.71. The summed E-state index contributed by atoms with van der Waals surface area (Å²) in [4.78, 5) is 7.55. The molecule has 4 heterocycles. The van der Waals surface area contributed by atoms with Crippen molar-refractivity contribution in [2.45, 2.75) is 34.2 Å². The summed E-state index contributed by atoms with van der Waals surface area (Å²) in [7, 11) is 0. The maximum Gasteiger partial charge on any atom is 0.206 e. The number of hydrogen-bond donors (Lipinski definition) is 2. The minimum absolute atomic E-state index is 0.141. The highest BCUT2D eigenvalue weighted by atomic mass is 35.5. The smallest absolute Gasteiger partial charge is 0.206 e. The van der Waals surface area contributed by atoms with Crippen molar-refractivity contribution in [3.8, 4) is 11.1 Å². The average Bonchev–Trinajstić information content (AvgIpc) is 3.23. The van der Waals surface area contributed by atoms with Crippen molar-refractivity contribution in [3.05, 3.63) is 63.2 Å². The number of nitrogens with zero attached hydrogens (tertiary/aromatic N) is 4. The third-order valence-corrected chi connectivity index (χ3v) is 7.59. The van der Waals surface area contributed by atoms with Gasteiger partial charge in [-0.15, -0.1) is 0 Å². The van der Waals surface area contributed by atoms with Gasteiger partial charge in [0, 0.05) is 53.4 Å². The molecular weight excluding hydrogens is 451 g/mol. The Bertz CT molecular complexity index is 1400. The van der Waals surface area contributed by atoms with E-state index in [1.165, 1.54) is 0 Å². The monoisotopic (exact) mass is 478 g/mol. The second kappa shape index (κ2) is 7.55. The SMILES string of the molecule is Cc1cc(Cn2c(N3CC4(CNC4)C3)nc3c(-c4c(C)n[nH]c4C)cc(Cl)cc32)cc(C)c1F. The summed E-state index contributed by atoms with van der Waals surface area (Å²) >= 11 is 6.66. The molecule has 2 aromatic carbocycles. The molecule has 2 aliphatic rings. The number of aryl methyl sites for hydroxylation is 4. The second-order valence-electron chi connectivity index (χ2n) is 10.1. The molecule has 2 saturated heterocycles. The fraction of sp³-hybridized carbons (Fsp3) is 0.385. The third-order valence-electron chi connectivity index (χ3n) is 7.37. The normalized spacial score (nSPS) is 16.8. The van der Waals surface area contributed by atoms with E-state index in [1.54, 1.807) is 0 Å². The van der Waals surface area contributed by atoms with Gasteiger partial charge in [0.1, 0.15) is 5.82 Å². The van der Waals surface area contributed by atoms with Crippen molar-refractivity contribution in [2.75, 3.05) is 31.1 Å². The zero-order chi connectivity index (χ0) is 23.8. The number of H-pyrrole nitrogens is 1. The van der Waals surface area contributed by atoms with Gasteiger partial charge in [-0.05, 0) is 56.5 Å². The quantitative estimate of drug-likeness (QED) is 0.437. The van der Waals surface area contributed by atoms with Crippen molar-refractivity contribution in [3.63, 3.8) is 0 Å². The van der Waals surface area contributed by atoms with E-state index in [0.29, 0.717) is 28.1 Å². The minimum Gasteiger partial charge on any atom is -0.341 e. The van der Waals surface area contributed by atoms with E-state index in [-0.39, 0.29) is 5.82 Å². The summed E-state index contributed by atoms with van der Waals surface area (Å²) < 4.78 is 16.6. The van der Waals surface area contributed by atoms with Crippen molar-refractivity contribution in [1.29, 1.82) is 0 Å². The highest BCUT2D eigenvalue weighted by Crippen LogP contribution is 2.41. The van der Waals surface area contributed by atoms with Crippen LogP contribution >= 0.6 is 11.6 Å². The van der Waals surface area contributed by atoms with E-state index in [4.69, 9.17) is 16.6 Å². The Labute approximate surface area is 203 Å². The lowest BCUT2D eigenvalue weighted by molar-refractivity contribution is 0.119. The van der Waals surface area contributed by atoms with Gasteiger partial charge in [0.05, 0.1) is 23.3 Å². The van der Waals surface area contributed by atoms with Gasteiger partial charge in [0.15, 0.2) is 0 Å². The van der Waals surface area contributed by atoms with Crippen LogP contribution in [0.4, 0.5) is 10.3 Å². The molecule has 2 aromatic heterocycles. The first kappa shape index (κ1) is 21.6. The second-order valence-corrected chi connectivity index (χ2v) is 10.6. The molecule has 6 nitrogen and oxygen atoms in total. The van der Waals surface area contributed by atoms with Gasteiger partial charge in [0.25, 0.3) is 0 Å². The summed E-state index contributed by atoms with van der Waals surface area (Å²) in [5.41, 5.74) is 8.56. The van der Waals surface area contributed by atoms with E-state index in [1.807, 2.05) is 52.0 Å². The van der Waals surface area contributed by atoms with Crippen LogP contribution in [0, 0.1) is 38.9 Å². The van der Waals surface area contributed by atoms with Crippen LogP contribution in [0.1, 0.15) is 28.1 Å². The summed E-state index contributed by atoms with van der Waals surface area (Å²) in [5, 5.41) is 11.5. The van der Waals surface area contributed by atoms with Gasteiger partial charge in [-0.25, -0.2) is 9.37 Å². The van der Waals surface area contributed by atoms with Crippen LogP contribution in [0.3, 0.4) is 0 Å². The van der Waals surface area contributed by atoms with Crippen LogP contribution < -0.4 is 10.2 Å². The van der Waals surface area contributed by atoms with Crippen LogP contribution in [0.5, 0.6) is 0 Å². The summed E-state index contributed by atoms with van der Waals surface area (Å²) in [6.45, 7) is 12.3. The number of hydrogen-bond acceptors (Lipinski definition) is 4. The van der Waals surface area contributed by atoms with Crippen molar-refractivity contribution in [1.82, 2.24) is 25.1 Å². The standard InChI is InChI=1S/C26H28ClFN6/c1-14-5-18(6-15(2)23(14)28)9-34-21-8-19(27)7-20(22-16(3)31-32-17(22)4)24(21)30-25(34)33-12-26(13-33)10-29-11-26/h5-8,29H,9-13H2,1-4H3,(H,31,32). The lowest BCUT2D eigenvalue weighted by Gasteiger charge is -2.56. The highest BCUT2D eigenvalue weighted by Gasteiger charge is 2.49. The molecule has 0 unspecified atom stereocenters. The van der Waals surface area contributed by atoms with E-state index < -0.39 is 0 Å². The molecule has 6 rings (SSSR count). The molecule has 34 heavy (non-hydrogen) atoms. The maximum absolute atomic E-state index is 14.3. The van der Waals surface area contributed by atoms with Gasteiger partial charge < -0.3 is 14.8 Å². The summed E-state index contributed by atoms with van der Waals surface area (Å²) in [5.74, 6) is 0.798. The number of aromatic nitrogens is 4. The average molecular weight is 479 g/mol. The first-order valence-electron chi connectivity index (χ1n) is 11.7. The number of imidazole rings is 1. The molecule has 2 fully saturated rings. The van der Waals surface area contributed by atoms with Crippen LogP contribution in [0.15, 0.2) is 24.3 Å². The Morgan fingerprint density at radius 2 is 1.76 bits per heavy atom. The molecule has 0 radical (unpaired) electrons. The molecule has 0 bridgehead atoms. The van der Waals surface area contributed by atoms with Gasteiger partial charge >= 0.3 is 0 Å². The van der Waals surface area contributed by atoms with Crippen molar-refractivity contribution >= 4 is 28.6 Å². The Kier molecular flexibility index (Phi) is 4.80. The molecule has 0 saturated carbocycles. The van der Waals surface area contributed by atoms with Crippen LogP contribution in [0.25, 0.3) is 22.2 Å². The molecule has 8 heteroatoms. The van der Waals surface area contributed by atoms with E-state index >= 15 is 0 Å². The maximum atomic E-state index is 14.3. The van der Waals surface area contributed by atoms with E-state index in [2.05, 4.69) is 25.0 Å². The molecule has 4 aromatic rings. The molecule has 2 aliphatic heterocycles. The molecule has 0 atom stereocenters. The van der Waals surface area contributed by atoms with E-state index in [9.17, 15) is 4.39 Å². The molecule has 176 valence electrons. The topological polar surface area (TPSA) is 61.8 Å². The van der Waals surface area contributed by atoms with Crippen LogP contribution in [0.2, 0.25) is 5.02 Å². The van der Waals surface area contributed by atoms with Crippen LogP contribution in [-0.4, -0.2) is 45.9 Å². The zero-order valence-electron chi connectivity index (χ0n) is 19.9. The number of aromatic amines is 1. The Morgan fingerprint density at radius 3 is 2.35 bits per heavy atom. The van der Waals surface area contributed by atoms with Gasteiger partial charge in [-0.2, -0.15) is 5.10 Å². The fourth-order valence-corrected chi connectivity index (χ4v) is 5.84. The van der Waals surface area contributed by atoms with Gasteiger partial charge in [0.2, 0.25) is 5.95 Å². The predicted molar refractivity (Wildman–Crippen MR) is 134 cm³/mol. The number of fused-ring (bicyclic) bond motifs is 1. The van der Waals surface area contributed by atoms with Crippen LogP contribution in [-0.2, 0) is 6.54 Å². The Hall–Kier alpha value is -2.90. The Balaban J connectivity index is 1.53. The predicted octanol–water partition coefficient (Wildman–Crippen LogP) is 4.91. The number of nitrogens with one attached hydrogen (secondary N) is 2. The number of halogens is 2. The Morgan fingerprint density at radius 1 is 1.06 bits per heavy atom. The minimum atomic E-state index is -0.141. The lowest BCUT2D eigenvalue weighted by atomic mass is 9.75. The third kappa shape index (κ3) is 3.25.